The number of nitrogens with zero attached hydrogens (tertiary/aromatic N) is 3. The van der Waals surface area contributed by atoms with E-state index in [0.717, 1.165) is 34.7 Å². The first-order valence-electron chi connectivity index (χ1n) is 11.6. The van der Waals surface area contributed by atoms with Gasteiger partial charge in [-0.1, -0.05) is 60.7 Å². The van der Waals surface area contributed by atoms with Gasteiger partial charge >= 0.3 is 0 Å². The molecule has 34 heavy (non-hydrogen) atoms. The SMILES string of the molecule is COc1ccc([C@@H]2CC(c3ccccc3)=NN2C(=O)CCC(=O)N2CCc3ccccc32)cc1. The first-order valence-corrected chi connectivity index (χ1v) is 11.6. The molecular weight excluding hydrogens is 426 g/mol. The second-order valence-corrected chi connectivity index (χ2v) is 8.57. The van der Waals surface area contributed by atoms with Crippen molar-refractivity contribution in [2.75, 3.05) is 18.6 Å². The van der Waals surface area contributed by atoms with E-state index < -0.39 is 0 Å². The van der Waals surface area contributed by atoms with Gasteiger partial charge in [0.1, 0.15) is 5.75 Å². The molecule has 3 aromatic carbocycles. The average Bonchev–Trinajstić information content (AvgIpc) is 3.53. The molecule has 0 bridgehead atoms. The standard InChI is InChI=1S/C28H27N3O3/c1-34-23-13-11-22(12-14-23)26-19-24(20-7-3-2-4-8-20)29-31(26)28(33)16-15-27(32)30-18-17-21-9-5-6-10-25(21)30/h2-14,26H,15-19H2,1H3/t26-/m0/s1. The predicted molar refractivity (Wildman–Crippen MR) is 132 cm³/mol. The molecule has 6 nitrogen and oxygen atoms in total. The molecule has 0 fully saturated rings. The Bertz CT molecular complexity index is 1220. The van der Waals surface area contributed by atoms with Gasteiger partial charge in [0.05, 0.1) is 18.9 Å². The topological polar surface area (TPSA) is 62.2 Å². The van der Waals surface area contributed by atoms with Gasteiger partial charge in [-0.15, -0.1) is 0 Å². The summed E-state index contributed by atoms with van der Waals surface area (Å²) in [5.41, 5.74) is 5.00. The quantitative estimate of drug-likeness (QED) is 0.542. The zero-order chi connectivity index (χ0) is 23.5. The molecule has 2 aliphatic rings. The Morgan fingerprint density at radius 1 is 0.912 bits per heavy atom. The van der Waals surface area contributed by atoms with Crippen LogP contribution in [0, 0.1) is 0 Å². The van der Waals surface area contributed by atoms with E-state index in [1.807, 2.05) is 72.8 Å². The Morgan fingerprint density at radius 3 is 2.38 bits per heavy atom. The second kappa shape index (κ2) is 9.51. The number of fused-ring (bicyclic) bond motifs is 1. The second-order valence-electron chi connectivity index (χ2n) is 8.57. The third-order valence-corrected chi connectivity index (χ3v) is 6.51. The number of carbonyl (C=O) groups excluding carboxylic acids is 2. The third kappa shape index (κ3) is 4.31. The van der Waals surface area contributed by atoms with Crippen LogP contribution in [0.15, 0.2) is 84.0 Å². The molecule has 0 saturated carbocycles. The van der Waals surface area contributed by atoms with Crippen LogP contribution in [0.25, 0.3) is 0 Å². The van der Waals surface area contributed by atoms with Gasteiger partial charge in [0.15, 0.2) is 0 Å². The van der Waals surface area contributed by atoms with Gasteiger partial charge in [0.25, 0.3) is 0 Å². The number of anilines is 1. The number of benzene rings is 3. The van der Waals surface area contributed by atoms with Crippen molar-refractivity contribution in [1.82, 2.24) is 5.01 Å². The summed E-state index contributed by atoms with van der Waals surface area (Å²) in [5, 5.41) is 6.28. The maximum Gasteiger partial charge on any atom is 0.243 e. The molecular formula is C28H27N3O3. The van der Waals surface area contributed by atoms with E-state index in [4.69, 9.17) is 9.84 Å². The molecule has 2 amide bonds. The van der Waals surface area contributed by atoms with E-state index in [1.165, 1.54) is 5.56 Å². The molecule has 0 saturated heterocycles. The normalized spacial score (nSPS) is 16.9. The lowest BCUT2D eigenvalue weighted by Gasteiger charge is -2.23. The highest BCUT2D eigenvalue weighted by molar-refractivity contribution is 6.03. The third-order valence-electron chi connectivity index (χ3n) is 6.51. The Labute approximate surface area is 199 Å². The zero-order valence-corrected chi connectivity index (χ0v) is 19.2. The maximum atomic E-state index is 13.3. The molecule has 0 aliphatic carbocycles. The number of hydrazone groups is 1. The molecule has 6 heteroatoms. The van der Waals surface area contributed by atoms with Crippen LogP contribution in [0.2, 0.25) is 0 Å². The van der Waals surface area contributed by atoms with Gasteiger partial charge in [-0.2, -0.15) is 5.10 Å². The smallest absolute Gasteiger partial charge is 0.243 e. The number of rotatable bonds is 6. The number of hydrogen-bond donors (Lipinski definition) is 0. The van der Waals surface area contributed by atoms with E-state index in [2.05, 4.69) is 6.07 Å². The number of methoxy groups -OCH3 is 1. The Kier molecular flexibility index (Phi) is 6.12. The summed E-state index contributed by atoms with van der Waals surface area (Å²) in [4.78, 5) is 28.1. The van der Waals surface area contributed by atoms with Crippen molar-refractivity contribution in [1.29, 1.82) is 0 Å². The Hall–Kier alpha value is -3.93. The Balaban J connectivity index is 1.33. The molecule has 0 unspecified atom stereocenters. The highest BCUT2D eigenvalue weighted by Crippen LogP contribution is 2.34. The fourth-order valence-corrected chi connectivity index (χ4v) is 4.69. The van der Waals surface area contributed by atoms with Gasteiger partial charge < -0.3 is 9.64 Å². The van der Waals surface area contributed by atoms with Crippen LogP contribution in [0.5, 0.6) is 5.75 Å². The highest BCUT2D eigenvalue weighted by atomic mass is 16.5. The van der Waals surface area contributed by atoms with Crippen LogP contribution < -0.4 is 9.64 Å². The van der Waals surface area contributed by atoms with E-state index >= 15 is 0 Å². The van der Waals surface area contributed by atoms with Gasteiger partial charge in [0, 0.05) is 31.5 Å². The van der Waals surface area contributed by atoms with Crippen LogP contribution in [-0.4, -0.2) is 36.2 Å². The predicted octanol–water partition coefficient (Wildman–Crippen LogP) is 4.74. The molecule has 0 N–H and O–H groups in total. The molecule has 5 rings (SSSR count). The lowest BCUT2D eigenvalue weighted by Crippen LogP contribution is -2.32. The van der Waals surface area contributed by atoms with E-state index in [9.17, 15) is 9.59 Å². The van der Waals surface area contributed by atoms with Crippen LogP contribution in [0.1, 0.15) is 42.0 Å². The van der Waals surface area contributed by atoms with Crippen LogP contribution in [0.3, 0.4) is 0 Å². The summed E-state index contributed by atoms with van der Waals surface area (Å²) in [6.45, 7) is 0.668. The van der Waals surface area contributed by atoms with Crippen LogP contribution in [0.4, 0.5) is 5.69 Å². The zero-order valence-electron chi connectivity index (χ0n) is 19.2. The van der Waals surface area contributed by atoms with E-state index in [0.29, 0.717) is 13.0 Å². The summed E-state index contributed by atoms with van der Waals surface area (Å²) in [7, 11) is 1.63. The molecule has 2 heterocycles. The first-order chi connectivity index (χ1) is 16.6. The van der Waals surface area contributed by atoms with Crippen molar-refractivity contribution in [2.24, 2.45) is 5.10 Å². The first kappa shape index (κ1) is 21.9. The van der Waals surface area contributed by atoms with Crippen LogP contribution in [-0.2, 0) is 16.0 Å². The minimum absolute atomic E-state index is 0.0224. The highest BCUT2D eigenvalue weighted by Gasteiger charge is 2.33. The van der Waals surface area contributed by atoms with Crippen LogP contribution >= 0.6 is 0 Å². The fourth-order valence-electron chi connectivity index (χ4n) is 4.69. The molecule has 0 spiro atoms. The van der Waals surface area contributed by atoms with E-state index in [1.54, 1.807) is 17.0 Å². The van der Waals surface area contributed by atoms with Crippen molar-refractivity contribution in [3.05, 3.63) is 95.6 Å². The molecule has 2 aliphatic heterocycles. The van der Waals surface area contributed by atoms with Crippen molar-refractivity contribution in [3.8, 4) is 5.75 Å². The van der Waals surface area contributed by atoms with Gasteiger partial charge in [-0.05, 0) is 41.3 Å². The monoisotopic (exact) mass is 453 g/mol. The van der Waals surface area contributed by atoms with Crippen molar-refractivity contribution >= 4 is 23.2 Å². The summed E-state index contributed by atoms with van der Waals surface area (Å²) in [6.07, 6.45) is 1.76. The average molecular weight is 454 g/mol. The molecule has 3 aromatic rings. The fraction of sp³-hybridized carbons (Fsp3) is 0.250. The number of ether oxygens (including phenoxy) is 1. The van der Waals surface area contributed by atoms with Gasteiger partial charge in [0.2, 0.25) is 11.8 Å². The lowest BCUT2D eigenvalue weighted by molar-refractivity contribution is -0.134. The van der Waals surface area contributed by atoms with Crippen molar-refractivity contribution in [3.63, 3.8) is 0 Å². The van der Waals surface area contributed by atoms with Gasteiger partial charge in [-0.3, -0.25) is 9.59 Å². The lowest BCUT2D eigenvalue weighted by atomic mass is 9.98. The molecule has 0 radical (unpaired) electrons. The summed E-state index contributed by atoms with van der Waals surface area (Å²) in [6, 6.07) is 25.4. The minimum Gasteiger partial charge on any atom is -0.497 e. The molecule has 1 atom stereocenters. The van der Waals surface area contributed by atoms with Crippen molar-refractivity contribution < 1.29 is 14.3 Å². The van der Waals surface area contributed by atoms with Crippen molar-refractivity contribution in [2.45, 2.75) is 31.7 Å². The molecule has 0 aromatic heterocycles. The van der Waals surface area contributed by atoms with E-state index in [-0.39, 0.29) is 30.7 Å². The minimum atomic E-state index is -0.212. The number of para-hydroxylation sites is 1. The summed E-state index contributed by atoms with van der Waals surface area (Å²) < 4.78 is 5.28. The summed E-state index contributed by atoms with van der Waals surface area (Å²) in [5.74, 6) is 0.596. The number of carbonyl (C=O) groups is 2. The van der Waals surface area contributed by atoms with Gasteiger partial charge in [-0.25, -0.2) is 5.01 Å². The maximum absolute atomic E-state index is 13.3. The number of hydrogen-bond acceptors (Lipinski definition) is 4. The summed E-state index contributed by atoms with van der Waals surface area (Å²) >= 11 is 0. The number of amides is 2. The largest absolute Gasteiger partial charge is 0.497 e. The Morgan fingerprint density at radius 2 is 1.62 bits per heavy atom. The molecule has 172 valence electrons.